The number of aryl methyl sites for hydroxylation is 1. The maximum absolute atomic E-state index is 5.98. The van der Waals surface area contributed by atoms with Gasteiger partial charge in [0.2, 0.25) is 0 Å². The van der Waals surface area contributed by atoms with Crippen molar-refractivity contribution in [1.29, 1.82) is 0 Å². The van der Waals surface area contributed by atoms with Crippen molar-refractivity contribution in [3.8, 4) is 0 Å². The lowest BCUT2D eigenvalue weighted by Gasteiger charge is -2.13. The van der Waals surface area contributed by atoms with Gasteiger partial charge in [-0.25, -0.2) is 9.97 Å². The second-order valence-corrected chi connectivity index (χ2v) is 7.95. The molecule has 0 saturated carbocycles. The maximum Gasteiger partial charge on any atom is 0.191 e. The highest BCUT2D eigenvalue weighted by Gasteiger charge is 2.19. The minimum Gasteiger partial charge on any atom is -0.384 e. The number of nitrogen functional groups attached to an aromatic ring is 1. The van der Waals surface area contributed by atoms with Crippen molar-refractivity contribution in [3.63, 3.8) is 0 Å². The number of pyridine rings is 1. The normalized spacial score (nSPS) is 12.9. The van der Waals surface area contributed by atoms with Gasteiger partial charge in [0.25, 0.3) is 0 Å². The fourth-order valence-corrected chi connectivity index (χ4v) is 4.06. The van der Waals surface area contributed by atoms with Crippen molar-refractivity contribution in [3.05, 3.63) is 40.9 Å². The van der Waals surface area contributed by atoms with Crippen molar-refractivity contribution in [2.75, 3.05) is 19.8 Å². The van der Waals surface area contributed by atoms with Crippen molar-refractivity contribution in [1.82, 2.24) is 24.4 Å². The first-order chi connectivity index (χ1) is 11.8. The van der Waals surface area contributed by atoms with E-state index in [1.54, 1.807) is 6.07 Å². The summed E-state index contributed by atoms with van der Waals surface area (Å²) in [6.45, 7) is 2.97. The van der Waals surface area contributed by atoms with E-state index in [0.717, 1.165) is 17.8 Å². The summed E-state index contributed by atoms with van der Waals surface area (Å²) in [5, 5.41) is 2.18. The van der Waals surface area contributed by atoms with Crippen LogP contribution in [0.1, 0.15) is 23.4 Å². The molecule has 0 bridgehead atoms. The molecule has 0 aliphatic rings. The highest BCUT2D eigenvalue weighted by molar-refractivity contribution is 7.99. The molecule has 3 heterocycles. The molecule has 0 radical (unpaired) electrons. The number of nitrogens with zero attached hydrogens (tertiary/aromatic N) is 5. The van der Waals surface area contributed by atoms with E-state index in [1.165, 1.54) is 22.7 Å². The van der Waals surface area contributed by atoms with Gasteiger partial charge in [-0.05, 0) is 32.6 Å². The second kappa shape index (κ2) is 7.19. The zero-order valence-electron chi connectivity index (χ0n) is 14.7. The third kappa shape index (κ3) is 3.89. The Labute approximate surface area is 156 Å². The number of rotatable bonds is 5. The molecular formula is C17H21ClN6S. The van der Waals surface area contributed by atoms with E-state index in [9.17, 15) is 0 Å². The van der Waals surface area contributed by atoms with Gasteiger partial charge >= 0.3 is 0 Å². The molecular weight excluding hydrogens is 356 g/mol. The Hall–Kier alpha value is -1.83. The highest BCUT2D eigenvalue weighted by atomic mass is 35.5. The van der Waals surface area contributed by atoms with E-state index in [0.29, 0.717) is 16.1 Å². The molecule has 3 aromatic rings. The predicted octanol–water partition coefficient (Wildman–Crippen LogP) is 3.51. The topological polar surface area (TPSA) is 72.9 Å². The molecule has 0 saturated heterocycles. The fourth-order valence-electron chi connectivity index (χ4n) is 2.91. The van der Waals surface area contributed by atoms with Crippen LogP contribution in [0, 0.1) is 0 Å². The van der Waals surface area contributed by atoms with Crippen LogP contribution < -0.4 is 5.73 Å². The smallest absolute Gasteiger partial charge is 0.191 e. The Kier molecular flexibility index (Phi) is 5.17. The van der Waals surface area contributed by atoms with Crippen molar-refractivity contribution < 1.29 is 0 Å². The summed E-state index contributed by atoms with van der Waals surface area (Å²) in [7, 11) is 6.19. The second-order valence-electron chi connectivity index (χ2n) is 6.25. The van der Waals surface area contributed by atoms with Crippen molar-refractivity contribution in [2.24, 2.45) is 7.05 Å². The predicted molar refractivity (Wildman–Crippen MR) is 104 cm³/mol. The van der Waals surface area contributed by atoms with Gasteiger partial charge in [-0.2, -0.15) is 0 Å². The third-order valence-electron chi connectivity index (χ3n) is 3.85. The third-order valence-corrected chi connectivity index (χ3v) is 5.01. The Morgan fingerprint density at radius 1 is 1.36 bits per heavy atom. The lowest BCUT2D eigenvalue weighted by atomic mass is 10.1. The van der Waals surface area contributed by atoms with Gasteiger partial charge in [-0.3, -0.25) is 4.98 Å². The van der Waals surface area contributed by atoms with E-state index in [2.05, 4.69) is 64.7 Å². The summed E-state index contributed by atoms with van der Waals surface area (Å²) in [5.74, 6) is 0.369. The maximum atomic E-state index is 5.98. The van der Waals surface area contributed by atoms with Crippen LogP contribution in [0.15, 0.2) is 29.7 Å². The molecule has 0 fully saturated rings. The average Bonchev–Trinajstić information content (AvgIpc) is 2.82. The standard InChI is InChI=1S/C17H21ClN6S/c1-10(25-17-21-13(18)7-14(19)22-17)15-16-12(5-6-20-15)11(8-23(2)3)9-24(16)4/h5-7,9-10H,8H2,1-4H3,(H2,19,21,22). The quantitative estimate of drug-likeness (QED) is 0.417. The zero-order valence-corrected chi connectivity index (χ0v) is 16.3. The monoisotopic (exact) mass is 376 g/mol. The molecule has 8 heteroatoms. The average molecular weight is 377 g/mol. The van der Waals surface area contributed by atoms with Crippen LogP contribution in [0.25, 0.3) is 10.9 Å². The molecule has 6 nitrogen and oxygen atoms in total. The number of nitrogens with two attached hydrogens (primary N) is 1. The summed E-state index contributed by atoms with van der Waals surface area (Å²) in [4.78, 5) is 15.3. The number of aromatic nitrogens is 4. The SMILES string of the molecule is CC(Sc1nc(N)cc(Cl)n1)c1nccc2c(CN(C)C)cn(C)c12. The number of anilines is 1. The summed E-state index contributed by atoms with van der Waals surface area (Å²) in [6.07, 6.45) is 4.03. The Balaban J connectivity index is 1.98. The lowest BCUT2D eigenvalue weighted by Crippen LogP contribution is -2.10. The van der Waals surface area contributed by atoms with E-state index in [4.69, 9.17) is 17.3 Å². The molecule has 132 valence electrons. The summed E-state index contributed by atoms with van der Waals surface area (Å²) in [6, 6.07) is 3.61. The molecule has 0 spiro atoms. The van der Waals surface area contributed by atoms with E-state index in [-0.39, 0.29) is 5.25 Å². The van der Waals surface area contributed by atoms with E-state index < -0.39 is 0 Å². The van der Waals surface area contributed by atoms with Crippen LogP contribution >= 0.6 is 23.4 Å². The fraction of sp³-hybridized carbons (Fsp3) is 0.353. The van der Waals surface area contributed by atoms with Crippen LogP contribution in [-0.2, 0) is 13.6 Å². The van der Waals surface area contributed by atoms with Gasteiger partial charge in [0, 0.05) is 37.4 Å². The first kappa shape index (κ1) is 18.0. The molecule has 3 aromatic heterocycles. The van der Waals surface area contributed by atoms with Gasteiger partial charge in [0.15, 0.2) is 5.16 Å². The van der Waals surface area contributed by atoms with Crippen LogP contribution in [0.5, 0.6) is 0 Å². The Morgan fingerprint density at radius 2 is 2.12 bits per heavy atom. The largest absolute Gasteiger partial charge is 0.384 e. The molecule has 25 heavy (non-hydrogen) atoms. The van der Waals surface area contributed by atoms with Gasteiger partial charge in [-0.15, -0.1) is 0 Å². The zero-order chi connectivity index (χ0) is 18.1. The van der Waals surface area contributed by atoms with Crippen molar-refractivity contribution in [2.45, 2.75) is 23.9 Å². The molecule has 1 unspecified atom stereocenters. The molecule has 1 atom stereocenters. The van der Waals surface area contributed by atoms with Crippen LogP contribution in [0.3, 0.4) is 0 Å². The number of halogens is 1. The van der Waals surface area contributed by atoms with Crippen LogP contribution in [0.4, 0.5) is 5.82 Å². The number of thioether (sulfide) groups is 1. The Bertz CT molecular complexity index is 887. The molecule has 0 aromatic carbocycles. The molecule has 3 rings (SSSR count). The lowest BCUT2D eigenvalue weighted by molar-refractivity contribution is 0.404. The summed E-state index contributed by atoms with van der Waals surface area (Å²) < 4.78 is 2.14. The summed E-state index contributed by atoms with van der Waals surface area (Å²) in [5.41, 5.74) is 9.18. The van der Waals surface area contributed by atoms with Crippen LogP contribution in [0.2, 0.25) is 5.15 Å². The van der Waals surface area contributed by atoms with Crippen LogP contribution in [-0.4, -0.2) is 38.5 Å². The minimum absolute atomic E-state index is 0.0578. The molecule has 2 N–H and O–H groups in total. The number of fused-ring (bicyclic) bond motifs is 1. The summed E-state index contributed by atoms with van der Waals surface area (Å²) >= 11 is 7.48. The Morgan fingerprint density at radius 3 is 2.80 bits per heavy atom. The first-order valence-corrected chi connectivity index (χ1v) is 9.15. The minimum atomic E-state index is 0.0578. The molecule has 0 amide bonds. The molecule has 0 aliphatic carbocycles. The van der Waals surface area contributed by atoms with Gasteiger partial charge in [-0.1, -0.05) is 23.4 Å². The number of hydrogen-bond acceptors (Lipinski definition) is 6. The highest BCUT2D eigenvalue weighted by Crippen LogP contribution is 2.37. The van der Waals surface area contributed by atoms with E-state index >= 15 is 0 Å². The van der Waals surface area contributed by atoms with E-state index in [1.807, 2.05) is 6.20 Å². The van der Waals surface area contributed by atoms with Gasteiger partial charge in [0.1, 0.15) is 11.0 Å². The van der Waals surface area contributed by atoms with Crippen molar-refractivity contribution >= 4 is 40.1 Å². The van der Waals surface area contributed by atoms with Gasteiger partial charge in [0.05, 0.1) is 16.5 Å². The first-order valence-electron chi connectivity index (χ1n) is 7.89. The number of hydrogen-bond donors (Lipinski definition) is 1. The van der Waals surface area contributed by atoms with Gasteiger partial charge < -0.3 is 15.2 Å². The molecule has 0 aliphatic heterocycles.